The zero-order valence-electron chi connectivity index (χ0n) is 31.1. The number of carbonyl (C=O) groups excluding carboxylic acids is 4. The number of nitrogens with zero attached hydrogens (tertiary/aromatic N) is 5. The summed E-state index contributed by atoms with van der Waals surface area (Å²) in [6.45, 7) is 6.31. The van der Waals surface area contributed by atoms with Crippen LogP contribution in [-0.2, 0) is 32.0 Å². The highest BCUT2D eigenvalue weighted by Gasteiger charge is 2.44. The number of esters is 1. The van der Waals surface area contributed by atoms with Gasteiger partial charge < -0.3 is 39.9 Å². The highest BCUT2D eigenvalue weighted by atomic mass is 79.9. The first kappa shape index (κ1) is 40.8. The van der Waals surface area contributed by atoms with Crippen LogP contribution in [0.5, 0.6) is 5.75 Å². The van der Waals surface area contributed by atoms with Gasteiger partial charge in [-0.1, -0.05) is 18.2 Å². The number of rotatable bonds is 10. The zero-order valence-corrected chi connectivity index (χ0v) is 34.3. The number of carboxylic acid groups (broad SMARTS) is 1. The van der Waals surface area contributed by atoms with Crippen LogP contribution in [0.25, 0.3) is 0 Å². The molecule has 4 aliphatic rings. The van der Waals surface area contributed by atoms with Gasteiger partial charge in [-0.15, -0.1) is 0 Å². The van der Waals surface area contributed by atoms with E-state index in [0.717, 1.165) is 29.7 Å². The second-order valence-corrected chi connectivity index (χ2v) is 16.5. The second kappa shape index (κ2) is 18.4. The molecule has 55 heavy (non-hydrogen) atoms. The molecule has 3 fully saturated rings. The fourth-order valence-corrected chi connectivity index (χ4v) is 9.90. The molecule has 2 aromatic rings. The largest absolute Gasteiger partial charge is 0.506 e. The summed E-state index contributed by atoms with van der Waals surface area (Å²) < 4.78 is 5.87. The fourth-order valence-electron chi connectivity index (χ4n) is 8.62. The van der Waals surface area contributed by atoms with E-state index >= 15 is 0 Å². The summed E-state index contributed by atoms with van der Waals surface area (Å²) in [4.78, 5) is 74.8. The van der Waals surface area contributed by atoms with Gasteiger partial charge in [0, 0.05) is 82.6 Å². The van der Waals surface area contributed by atoms with Gasteiger partial charge in [-0.05, 0) is 107 Å². The van der Waals surface area contributed by atoms with Crippen molar-refractivity contribution in [2.75, 3.05) is 64.3 Å². The molecule has 5 amide bonds. The monoisotopic (exact) mass is 888 g/mol. The van der Waals surface area contributed by atoms with Crippen molar-refractivity contribution in [3.63, 3.8) is 0 Å². The van der Waals surface area contributed by atoms with Crippen LogP contribution in [0, 0.1) is 5.92 Å². The second-order valence-electron chi connectivity index (χ2n) is 14.7. The van der Waals surface area contributed by atoms with E-state index in [4.69, 9.17) is 4.74 Å². The van der Waals surface area contributed by atoms with Gasteiger partial charge >= 0.3 is 18.1 Å². The predicted molar refractivity (Wildman–Crippen MR) is 212 cm³/mol. The van der Waals surface area contributed by atoms with E-state index in [1.165, 1.54) is 4.90 Å². The number of hydrogen-bond acceptors (Lipinski definition) is 8. The number of piperidine rings is 2. The summed E-state index contributed by atoms with van der Waals surface area (Å²) in [6.07, 6.45) is 2.28. The molecule has 0 saturated carbocycles. The maximum atomic E-state index is 14.8. The van der Waals surface area contributed by atoms with Crippen LogP contribution in [0.1, 0.15) is 56.6 Å². The van der Waals surface area contributed by atoms with Crippen LogP contribution in [0.3, 0.4) is 0 Å². The lowest BCUT2D eigenvalue weighted by atomic mass is 9.82. The van der Waals surface area contributed by atoms with Crippen LogP contribution in [0.4, 0.5) is 15.3 Å². The topological polar surface area (TPSA) is 163 Å². The first-order valence-corrected chi connectivity index (χ1v) is 20.8. The Kier molecular flexibility index (Phi) is 13.6. The molecular weight excluding hydrogens is 840 g/mol. The summed E-state index contributed by atoms with van der Waals surface area (Å²) in [7, 11) is 0. The van der Waals surface area contributed by atoms with Gasteiger partial charge in [-0.3, -0.25) is 19.3 Å². The molecule has 3 saturated heterocycles. The van der Waals surface area contributed by atoms with Gasteiger partial charge in [0.05, 0.1) is 27.9 Å². The van der Waals surface area contributed by atoms with Crippen molar-refractivity contribution in [3.8, 4) is 5.75 Å². The number of phenolic OH excluding ortho intramolecular Hbond substituents is 1. The number of nitrogens with one attached hydrogen (secondary N) is 1. The first-order valence-electron chi connectivity index (χ1n) is 19.2. The molecule has 14 nitrogen and oxygen atoms in total. The number of likely N-dealkylation sites (tertiary alicyclic amines) is 2. The summed E-state index contributed by atoms with van der Waals surface area (Å²) in [6, 6.07) is 10.3. The van der Waals surface area contributed by atoms with E-state index < -0.39 is 18.1 Å². The maximum Gasteiger partial charge on any atom is 0.407 e. The molecule has 4 heterocycles. The van der Waals surface area contributed by atoms with Gasteiger partial charge in [-0.25, -0.2) is 9.59 Å². The normalized spacial score (nSPS) is 21.7. The lowest BCUT2D eigenvalue weighted by Gasteiger charge is -2.46. The van der Waals surface area contributed by atoms with Gasteiger partial charge in [0.15, 0.2) is 0 Å². The van der Waals surface area contributed by atoms with Crippen LogP contribution in [0.2, 0.25) is 0 Å². The number of hydrogen-bond donors (Lipinski definition) is 3. The average molecular weight is 891 g/mol. The number of urea groups is 1. The minimum absolute atomic E-state index is 0.0358. The van der Waals surface area contributed by atoms with Gasteiger partial charge in [-0.2, -0.15) is 0 Å². The Bertz CT molecular complexity index is 1730. The van der Waals surface area contributed by atoms with Crippen LogP contribution < -0.4 is 5.32 Å². The van der Waals surface area contributed by atoms with Gasteiger partial charge in [0.25, 0.3) is 0 Å². The summed E-state index contributed by atoms with van der Waals surface area (Å²) in [5.41, 5.74) is 2.57. The number of para-hydroxylation sites is 1. The van der Waals surface area contributed by atoms with E-state index in [1.54, 1.807) is 28.9 Å². The molecule has 3 atom stereocenters. The molecule has 16 heteroatoms. The number of halogens is 2. The molecule has 2 unspecified atom stereocenters. The molecule has 0 spiro atoms. The first-order chi connectivity index (χ1) is 26.4. The highest BCUT2D eigenvalue weighted by molar-refractivity contribution is 9.11. The number of amides is 5. The lowest BCUT2D eigenvalue weighted by Crippen LogP contribution is -2.59. The Labute approximate surface area is 338 Å². The van der Waals surface area contributed by atoms with Crippen molar-refractivity contribution in [2.24, 2.45) is 5.92 Å². The average Bonchev–Trinajstić information content (AvgIpc) is 3.35. The van der Waals surface area contributed by atoms with Gasteiger partial charge in [0.2, 0.25) is 11.8 Å². The number of anilines is 1. The summed E-state index contributed by atoms with van der Waals surface area (Å²) in [5, 5.41) is 23.9. The summed E-state index contributed by atoms with van der Waals surface area (Å²) >= 11 is 6.84. The number of aromatic hydroxyl groups is 1. The number of carbonyl (C=O) groups is 5. The minimum Gasteiger partial charge on any atom is -0.506 e. The van der Waals surface area contributed by atoms with E-state index in [0.29, 0.717) is 80.6 Å². The SMILES string of the molecule is CCOC(=O)CCC(=O)N1CCN(C2CCN(C(=O)C(Cc3cc(Br)c(O)c(Br)c3)[C@H]3CC(N4CCc5ccccc5NC4=O)CCN3C(=O)O)CC2)CC1. The number of fused-ring (bicyclic) bond motifs is 1. The number of phenols is 1. The Morgan fingerprint density at radius 2 is 1.56 bits per heavy atom. The molecular formula is C39H50Br2N6O8. The molecule has 298 valence electrons. The molecule has 0 aliphatic carbocycles. The van der Waals surface area contributed by atoms with Gasteiger partial charge in [0.1, 0.15) is 5.75 Å². The standard InChI is InChI=1S/C39H50Br2N6O8/c1-2-55-35(49)8-7-34(48)44-19-17-43(18-20-44)27-10-13-45(14-11-27)37(51)29(21-25-22-30(40)36(50)31(41)23-25)33-24-28(12-16-47(33)39(53)54)46-15-9-26-5-3-4-6-32(26)42-38(46)52/h3-6,22-23,27-29,33,50H,2,7-21,24H2,1H3,(H,42,52)(H,53,54)/t28?,29?,33-/m1/s1. The molecule has 0 aromatic heterocycles. The van der Waals surface area contributed by atoms with Crippen LogP contribution in [0.15, 0.2) is 45.3 Å². The molecule has 0 bridgehead atoms. The summed E-state index contributed by atoms with van der Waals surface area (Å²) in [5.74, 6) is -1.24. The van der Waals surface area contributed by atoms with Crippen molar-refractivity contribution in [2.45, 2.75) is 76.4 Å². The van der Waals surface area contributed by atoms with Crippen LogP contribution >= 0.6 is 31.9 Å². The van der Waals surface area contributed by atoms with E-state index in [9.17, 15) is 34.2 Å². The Morgan fingerprint density at radius 1 is 0.891 bits per heavy atom. The number of ether oxygens (including phenoxy) is 1. The lowest BCUT2D eigenvalue weighted by molar-refractivity contribution is -0.146. The molecule has 2 aromatic carbocycles. The smallest absolute Gasteiger partial charge is 0.407 e. The molecule has 4 aliphatic heterocycles. The third-order valence-corrected chi connectivity index (χ3v) is 12.8. The Hall–Kier alpha value is -3.89. The van der Waals surface area contributed by atoms with Crippen molar-refractivity contribution in [1.82, 2.24) is 24.5 Å². The van der Waals surface area contributed by atoms with E-state index in [2.05, 4.69) is 42.1 Å². The highest BCUT2D eigenvalue weighted by Crippen LogP contribution is 2.37. The quantitative estimate of drug-likeness (QED) is 0.274. The third-order valence-electron chi connectivity index (χ3n) is 11.6. The van der Waals surface area contributed by atoms with Crippen molar-refractivity contribution < 1.29 is 38.9 Å². The van der Waals surface area contributed by atoms with Crippen molar-refractivity contribution in [3.05, 3.63) is 56.5 Å². The van der Waals surface area contributed by atoms with Crippen LogP contribution in [-0.4, -0.2) is 142 Å². The number of piperazine rings is 1. The predicted octanol–water partition coefficient (Wildman–Crippen LogP) is 5.16. The van der Waals surface area contributed by atoms with E-state index in [-0.39, 0.29) is 67.5 Å². The van der Waals surface area contributed by atoms with Crippen molar-refractivity contribution >= 4 is 67.5 Å². The number of benzene rings is 2. The molecule has 6 rings (SSSR count). The zero-order chi connectivity index (χ0) is 39.2. The maximum absolute atomic E-state index is 14.8. The van der Waals surface area contributed by atoms with Crippen molar-refractivity contribution in [1.29, 1.82) is 0 Å². The molecule has 3 N–H and O–H groups in total. The minimum atomic E-state index is -1.10. The third kappa shape index (κ3) is 9.74. The van der Waals surface area contributed by atoms with E-state index in [1.807, 2.05) is 29.2 Å². The fraction of sp³-hybridized carbons (Fsp3) is 0.564. The molecule has 0 radical (unpaired) electrons. The Morgan fingerprint density at radius 3 is 2.24 bits per heavy atom. The Balaban J connectivity index is 1.15.